The predicted molar refractivity (Wildman–Crippen MR) is 113 cm³/mol. The van der Waals surface area contributed by atoms with E-state index in [1.165, 1.54) is 0 Å². The Hall–Kier alpha value is -3.07. The number of aromatic nitrogens is 2. The second-order valence-corrected chi connectivity index (χ2v) is 8.26. The Morgan fingerprint density at radius 1 is 1.28 bits per heavy atom. The molecule has 6 heteroatoms. The number of allylic oxidation sites excluding steroid dienone is 1. The van der Waals surface area contributed by atoms with Crippen LogP contribution in [-0.2, 0) is 4.79 Å². The lowest BCUT2D eigenvalue weighted by Gasteiger charge is -2.40. The number of nitriles is 1. The summed E-state index contributed by atoms with van der Waals surface area (Å²) < 4.78 is 1.91. The van der Waals surface area contributed by atoms with Crippen molar-refractivity contribution in [3.05, 3.63) is 53.5 Å². The number of nitrogens with zero attached hydrogens (tertiary/aromatic N) is 4. The fraction of sp³-hybridized carbons (Fsp3) is 0.435. The van der Waals surface area contributed by atoms with Gasteiger partial charge in [-0.3, -0.25) is 0 Å². The van der Waals surface area contributed by atoms with Gasteiger partial charge in [-0.1, -0.05) is 0 Å². The molecule has 0 aromatic carbocycles. The molecule has 0 atom stereocenters. The molecule has 1 aliphatic carbocycles. The molecule has 1 aliphatic heterocycles. The van der Waals surface area contributed by atoms with Gasteiger partial charge >= 0.3 is 0 Å². The molecule has 0 unspecified atom stereocenters. The molecule has 1 N–H and O–H groups in total. The summed E-state index contributed by atoms with van der Waals surface area (Å²) in [6, 6.07) is 8.89. The van der Waals surface area contributed by atoms with Crippen LogP contribution in [-0.4, -0.2) is 39.4 Å². The first-order valence-corrected chi connectivity index (χ1v) is 10.4. The third-order valence-electron chi connectivity index (χ3n) is 5.83. The summed E-state index contributed by atoms with van der Waals surface area (Å²) in [6.07, 6.45) is 11.1. The van der Waals surface area contributed by atoms with Crippen molar-refractivity contribution in [2.75, 3.05) is 6.54 Å². The molecule has 150 valence electrons. The zero-order valence-corrected chi connectivity index (χ0v) is 17.0. The van der Waals surface area contributed by atoms with Gasteiger partial charge in [0.1, 0.15) is 12.4 Å². The fourth-order valence-electron chi connectivity index (χ4n) is 4.39. The largest absolute Gasteiger partial charge is 0.383 e. The maximum Gasteiger partial charge on any atom is 0.123 e. The van der Waals surface area contributed by atoms with Crippen LogP contribution in [0.4, 0.5) is 0 Å². The van der Waals surface area contributed by atoms with Crippen LogP contribution in [0.25, 0.3) is 11.2 Å². The van der Waals surface area contributed by atoms with Gasteiger partial charge in [-0.05, 0) is 69.9 Å². The normalized spacial score (nSPS) is 22.2. The Kier molecular flexibility index (Phi) is 5.39. The zero-order chi connectivity index (χ0) is 20.4. The Balaban J connectivity index is 1.70. The van der Waals surface area contributed by atoms with Crippen molar-refractivity contribution in [1.29, 1.82) is 5.26 Å². The summed E-state index contributed by atoms with van der Waals surface area (Å²) in [5.74, 6) is 0.206. The van der Waals surface area contributed by atoms with Crippen molar-refractivity contribution in [3.8, 4) is 6.07 Å². The summed E-state index contributed by atoms with van der Waals surface area (Å²) in [7, 11) is 0. The van der Waals surface area contributed by atoms with E-state index < -0.39 is 0 Å². The number of hydrogen-bond acceptors (Lipinski definition) is 5. The number of fused-ring (bicyclic) bond motifs is 1. The van der Waals surface area contributed by atoms with Crippen LogP contribution < -0.4 is 5.32 Å². The van der Waals surface area contributed by atoms with Crippen LogP contribution >= 0.6 is 0 Å². The molecule has 3 heterocycles. The Morgan fingerprint density at radius 2 is 2.07 bits per heavy atom. The molecule has 6 nitrogen and oxygen atoms in total. The van der Waals surface area contributed by atoms with Crippen molar-refractivity contribution in [2.45, 2.75) is 51.6 Å². The first kappa shape index (κ1) is 19.3. The van der Waals surface area contributed by atoms with E-state index in [1.54, 1.807) is 6.20 Å². The molecule has 4 rings (SSSR count). The predicted octanol–water partition coefficient (Wildman–Crippen LogP) is 3.50. The maximum absolute atomic E-state index is 11.2. The second kappa shape index (κ2) is 8.12. The molecule has 2 aliphatic rings. The van der Waals surface area contributed by atoms with Crippen LogP contribution in [0.3, 0.4) is 0 Å². The van der Waals surface area contributed by atoms with Crippen LogP contribution in [0.5, 0.6) is 0 Å². The van der Waals surface area contributed by atoms with Crippen molar-refractivity contribution >= 4 is 17.5 Å². The summed E-state index contributed by atoms with van der Waals surface area (Å²) in [6.45, 7) is 5.11. The van der Waals surface area contributed by atoms with Gasteiger partial charge in [0.2, 0.25) is 0 Å². The van der Waals surface area contributed by atoms with Crippen molar-refractivity contribution in [3.63, 3.8) is 0 Å². The van der Waals surface area contributed by atoms with Crippen molar-refractivity contribution in [2.24, 2.45) is 5.92 Å². The number of carbonyl (C=O) groups is 1. The Morgan fingerprint density at radius 3 is 2.76 bits per heavy atom. The minimum atomic E-state index is 0.206. The Labute approximate surface area is 171 Å². The smallest absolute Gasteiger partial charge is 0.123 e. The average Bonchev–Trinajstić information content (AvgIpc) is 3.16. The van der Waals surface area contributed by atoms with Gasteiger partial charge in [-0.25, -0.2) is 4.52 Å². The lowest BCUT2D eigenvalue weighted by Crippen LogP contribution is -2.40. The van der Waals surface area contributed by atoms with E-state index in [2.05, 4.69) is 53.5 Å². The molecule has 0 amide bonds. The maximum atomic E-state index is 11.2. The number of carbonyl (C=O) groups excluding carboxylic acids is 1. The molecule has 0 radical (unpaired) electrons. The first-order valence-electron chi connectivity index (χ1n) is 10.4. The Bertz CT molecular complexity index is 1000. The van der Waals surface area contributed by atoms with Gasteiger partial charge in [0.25, 0.3) is 0 Å². The van der Waals surface area contributed by atoms with E-state index in [0.29, 0.717) is 17.6 Å². The third-order valence-corrected chi connectivity index (χ3v) is 5.83. The van der Waals surface area contributed by atoms with Crippen LogP contribution in [0, 0.1) is 17.2 Å². The first-order chi connectivity index (χ1) is 14.1. The molecule has 2 aromatic rings. The van der Waals surface area contributed by atoms with E-state index in [1.807, 2.05) is 16.6 Å². The highest BCUT2D eigenvalue weighted by molar-refractivity contribution is 5.70. The average molecular weight is 390 g/mol. The van der Waals surface area contributed by atoms with Crippen LogP contribution in [0.15, 0.2) is 42.2 Å². The molecule has 29 heavy (non-hydrogen) atoms. The fourth-order valence-corrected chi connectivity index (χ4v) is 4.39. The van der Waals surface area contributed by atoms with Gasteiger partial charge < -0.3 is 15.0 Å². The van der Waals surface area contributed by atoms with Gasteiger partial charge in [0.05, 0.1) is 28.7 Å². The number of hydrogen-bond donors (Lipinski definition) is 1. The number of aldehydes is 1. The highest BCUT2D eigenvalue weighted by atomic mass is 16.1. The minimum Gasteiger partial charge on any atom is -0.383 e. The van der Waals surface area contributed by atoms with Crippen molar-refractivity contribution < 1.29 is 4.79 Å². The van der Waals surface area contributed by atoms with Gasteiger partial charge in [0.15, 0.2) is 0 Å². The monoisotopic (exact) mass is 389 g/mol. The number of nitrogens with one attached hydrogen (secondary N) is 1. The molecule has 1 saturated carbocycles. The SMILES string of the molecule is CC(C)NC1=CCN(C2CCC(C=O)CC2)C(c2ccc3cc(C#N)cnn23)=C1. The van der Waals surface area contributed by atoms with E-state index in [0.717, 1.165) is 61.1 Å². The van der Waals surface area contributed by atoms with E-state index in [-0.39, 0.29) is 5.92 Å². The zero-order valence-electron chi connectivity index (χ0n) is 17.0. The quantitative estimate of drug-likeness (QED) is 0.793. The van der Waals surface area contributed by atoms with Crippen LogP contribution in [0.1, 0.15) is 50.8 Å². The molecule has 0 bridgehead atoms. The topological polar surface area (TPSA) is 73.4 Å². The van der Waals surface area contributed by atoms with E-state index in [4.69, 9.17) is 5.26 Å². The molecule has 0 saturated heterocycles. The van der Waals surface area contributed by atoms with Gasteiger partial charge in [-0.2, -0.15) is 10.4 Å². The lowest BCUT2D eigenvalue weighted by molar-refractivity contribution is -0.112. The van der Waals surface area contributed by atoms with Crippen LogP contribution in [0.2, 0.25) is 0 Å². The van der Waals surface area contributed by atoms with E-state index in [9.17, 15) is 4.79 Å². The van der Waals surface area contributed by atoms with Gasteiger partial charge in [0, 0.05) is 30.2 Å². The molecule has 0 spiro atoms. The highest BCUT2D eigenvalue weighted by Crippen LogP contribution is 2.34. The number of rotatable bonds is 5. The summed E-state index contributed by atoms with van der Waals surface area (Å²) in [5.41, 5.74) is 4.76. The lowest BCUT2D eigenvalue weighted by atomic mass is 9.85. The summed E-state index contributed by atoms with van der Waals surface area (Å²) in [4.78, 5) is 13.6. The standard InChI is InChI=1S/C23H27N5O/c1-16(2)26-19-9-10-27(20-5-3-17(15-29)4-6-20)23(12-19)22-8-7-21-11-18(13-24)14-25-28(21)22/h7-9,11-12,14-17,20,26H,3-6,10H2,1-2H3. The van der Waals surface area contributed by atoms with Gasteiger partial charge in [-0.15, -0.1) is 0 Å². The van der Waals surface area contributed by atoms with E-state index >= 15 is 0 Å². The van der Waals surface area contributed by atoms with Crippen molar-refractivity contribution in [1.82, 2.24) is 19.8 Å². The second-order valence-electron chi connectivity index (χ2n) is 8.26. The molecule has 1 fully saturated rings. The molecule has 2 aromatic heterocycles. The minimum absolute atomic E-state index is 0.206. The molecular weight excluding hydrogens is 362 g/mol. The highest BCUT2D eigenvalue weighted by Gasteiger charge is 2.29. The third kappa shape index (κ3) is 3.91. The summed E-state index contributed by atoms with van der Waals surface area (Å²) in [5, 5.41) is 17.2. The molecular formula is C23H27N5O. The summed E-state index contributed by atoms with van der Waals surface area (Å²) >= 11 is 0.